The topological polar surface area (TPSA) is 59.0 Å². The fourth-order valence-corrected chi connectivity index (χ4v) is 4.09. The number of hydrogen-bond donors (Lipinski definition) is 2. The fourth-order valence-electron chi connectivity index (χ4n) is 3.70. The molecule has 0 aliphatic carbocycles. The number of fused-ring (bicyclic) bond motifs is 1. The molecule has 0 saturated heterocycles. The third kappa shape index (κ3) is 4.71. The lowest BCUT2D eigenvalue weighted by molar-refractivity contribution is -0.173. The molecule has 168 valence electrons. The van der Waals surface area contributed by atoms with Crippen molar-refractivity contribution in [1.29, 1.82) is 0 Å². The maximum atomic E-state index is 13.9. The summed E-state index contributed by atoms with van der Waals surface area (Å²) < 4.78 is 42.3. The number of carbonyl (C=O) groups excluding carboxylic acids is 1. The maximum Gasteiger partial charge on any atom is 0.410 e. The van der Waals surface area contributed by atoms with Crippen molar-refractivity contribution in [1.82, 2.24) is 15.1 Å². The van der Waals surface area contributed by atoms with Gasteiger partial charge < -0.3 is 10.6 Å². The van der Waals surface area contributed by atoms with E-state index in [-0.39, 0.29) is 23.0 Å². The van der Waals surface area contributed by atoms with Crippen molar-refractivity contribution in [2.75, 3.05) is 11.9 Å². The molecule has 32 heavy (non-hydrogen) atoms. The van der Waals surface area contributed by atoms with Gasteiger partial charge in [-0.05, 0) is 29.7 Å². The van der Waals surface area contributed by atoms with Crippen molar-refractivity contribution in [3.05, 3.63) is 81.5 Å². The zero-order valence-electron chi connectivity index (χ0n) is 16.7. The number of nitrogens with one attached hydrogen (secondary N) is 2. The second-order valence-electron chi connectivity index (χ2n) is 7.49. The number of aromatic nitrogens is 2. The lowest BCUT2D eigenvalue weighted by Gasteiger charge is -2.33. The maximum absolute atomic E-state index is 13.9. The van der Waals surface area contributed by atoms with Gasteiger partial charge >= 0.3 is 6.18 Å². The average molecular weight is 483 g/mol. The summed E-state index contributed by atoms with van der Waals surface area (Å²) in [6.07, 6.45) is -4.30. The van der Waals surface area contributed by atoms with E-state index in [1.54, 1.807) is 24.3 Å². The number of alkyl halides is 3. The Kier molecular flexibility index (Phi) is 6.35. The van der Waals surface area contributed by atoms with E-state index in [4.69, 9.17) is 23.2 Å². The highest BCUT2D eigenvalue weighted by Crippen LogP contribution is 2.46. The Hall–Kier alpha value is -2.71. The molecule has 2 N–H and O–H groups in total. The summed E-state index contributed by atoms with van der Waals surface area (Å²) >= 11 is 12.2. The molecule has 10 heteroatoms. The van der Waals surface area contributed by atoms with E-state index >= 15 is 0 Å². The third-order valence-corrected chi connectivity index (χ3v) is 5.94. The van der Waals surface area contributed by atoms with Crippen LogP contribution >= 0.6 is 23.2 Å². The largest absolute Gasteiger partial charge is 0.410 e. The minimum atomic E-state index is -4.57. The molecule has 0 radical (unpaired) electrons. The standard InChI is InChI=1S/C22H19Cl2F3N4O/c23-15-8-6-14(7-9-15)16-12-17(22(25,26)27)31-20(29-16)18(24)19(30-31)21(32)28-11-10-13-4-2-1-3-5-13/h1-9,16-17,29H,10-12H2,(H,28,32)/t16-,17-/m0/s1. The second-order valence-corrected chi connectivity index (χ2v) is 8.30. The lowest BCUT2D eigenvalue weighted by atomic mass is 9.97. The number of anilines is 1. The van der Waals surface area contributed by atoms with Crippen LogP contribution in [0.4, 0.5) is 19.0 Å². The molecule has 2 atom stereocenters. The van der Waals surface area contributed by atoms with Crippen molar-refractivity contribution < 1.29 is 18.0 Å². The molecule has 0 spiro atoms. The smallest absolute Gasteiger partial charge is 0.362 e. The van der Waals surface area contributed by atoms with Gasteiger partial charge in [0.15, 0.2) is 11.7 Å². The van der Waals surface area contributed by atoms with E-state index in [2.05, 4.69) is 15.7 Å². The molecule has 1 aromatic heterocycles. The van der Waals surface area contributed by atoms with Gasteiger partial charge in [-0.1, -0.05) is 65.7 Å². The van der Waals surface area contributed by atoms with Gasteiger partial charge in [0.05, 0.1) is 6.04 Å². The number of rotatable bonds is 5. The Morgan fingerprint density at radius 2 is 1.81 bits per heavy atom. The van der Waals surface area contributed by atoms with Gasteiger partial charge in [-0.2, -0.15) is 18.3 Å². The summed E-state index contributed by atoms with van der Waals surface area (Å²) in [4.78, 5) is 12.6. The molecule has 3 aromatic rings. The number of amides is 1. The first-order valence-electron chi connectivity index (χ1n) is 9.93. The van der Waals surface area contributed by atoms with Crippen molar-refractivity contribution in [2.24, 2.45) is 0 Å². The van der Waals surface area contributed by atoms with Crippen LogP contribution in [0.3, 0.4) is 0 Å². The summed E-state index contributed by atoms with van der Waals surface area (Å²) in [5, 5.41) is 9.96. The van der Waals surface area contributed by atoms with E-state index in [9.17, 15) is 18.0 Å². The van der Waals surface area contributed by atoms with Crippen LogP contribution in [0.1, 0.15) is 40.1 Å². The summed E-state index contributed by atoms with van der Waals surface area (Å²) in [7, 11) is 0. The van der Waals surface area contributed by atoms with Crippen LogP contribution < -0.4 is 10.6 Å². The molecular formula is C22H19Cl2F3N4O. The molecule has 2 aromatic carbocycles. The summed E-state index contributed by atoms with van der Waals surface area (Å²) in [6, 6.07) is 13.4. The number of hydrogen-bond acceptors (Lipinski definition) is 3. The van der Waals surface area contributed by atoms with Gasteiger partial charge in [0.1, 0.15) is 10.8 Å². The predicted molar refractivity (Wildman–Crippen MR) is 117 cm³/mol. The molecule has 5 nitrogen and oxygen atoms in total. The van der Waals surface area contributed by atoms with Gasteiger partial charge in [0.25, 0.3) is 5.91 Å². The van der Waals surface area contributed by atoms with E-state index in [0.29, 0.717) is 23.6 Å². The number of nitrogens with zero attached hydrogens (tertiary/aromatic N) is 2. The first-order chi connectivity index (χ1) is 15.2. The molecule has 0 fully saturated rings. The number of halogens is 5. The normalized spacial score (nSPS) is 18.0. The Labute approximate surface area is 192 Å². The van der Waals surface area contributed by atoms with Gasteiger partial charge in [-0.15, -0.1) is 0 Å². The molecule has 4 rings (SSSR count). The zero-order chi connectivity index (χ0) is 22.9. The fraction of sp³-hybridized carbons (Fsp3) is 0.273. The first-order valence-corrected chi connectivity index (χ1v) is 10.7. The summed E-state index contributed by atoms with van der Waals surface area (Å²) in [5.74, 6) is -0.660. The summed E-state index contributed by atoms with van der Waals surface area (Å²) in [5.41, 5.74) is 1.40. The molecule has 1 aliphatic heterocycles. The van der Waals surface area contributed by atoms with Crippen LogP contribution in [-0.4, -0.2) is 28.4 Å². The Morgan fingerprint density at radius 1 is 1.12 bits per heavy atom. The van der Waals surface area contributed by atoms with Crippen molar-refractivity contribution in [3.63, 3.8) is 0 Å². The molecule has 0 saturated carbocycles. The van der Waals surface area contributed by atoms with Gasteiger partial charge in [-0.25, -0.2) is 4.68 Å². The van der Waals surface area contributed by atoms with Crippen LogP contribution in [-0.2, 0) is 6.42 Å². The summed E-state index contributed by atoms with van der Waals surface area (Å²) in [6.45, 7) is 0.297. The van der Waals surface area contributed by atoms with Crippen molar-refractivity contribution in [2.45, 2.75) is 31.1 Å². The minimum Gasteiger partial charge on any atom is -0.362 e. The van der Waals surface area contributed by atoms with Gasteiger partial charge in [-0.3, -0.25) is 4.79 Å². The first kappa shape index (κ1) is 22.5. The van der Waals surface area contributed by atoms with E-state index in [0.717, 1.165) is 10.2 Å². The van der Waals surface area contributed by atoms with Crippen LogP contribution in [0.25, 0.3) is 0 Å². The van der Waals surface area contributed by atoms with Gasteiger partial charge in [0, 0.05) is 18.0 Å². The highest BCUT2D eigenvalue weighted by Gasteiger charge is 2.47. The Bertz CT molecular complexity index is 1100. The minimum absolute atomic E-state index is 0.0339. The number of carbonyl (C=O) groups is 1. The quantitative estimate of drug-likeness (QED) is 0.481. The van der Waals surface area contributed by atoms with Crippen molar-refractivity contribution in [3.8, 4) is 0 Å². The Balaban J connectivity index is 1.57. The van der Waals surface area contributed by atoms with E-state index < -0.39 is 24.2 Å². The average Bonchev–Trinajstić information content (AvgIpc) is 3.10. The zero-order valence-corrected chi connectivity index (χ0v) is 18.2. The monoisotopic (exact) mass is 482 g/mol. The Morgan fingerprint density at radius 3 is 2.47 bits per heavy atom. The molecular weight excluding hydrogens is 464 g/mol. The van der Waals surface area contributed by atoms with E-state index in [1.165, 1.54) is 0 Å². The van der Waals surface area contributed by atoms with Crippen LogP contribution in [0.15, 0.2) is 54.6 Å². The molecule has 0 unspecified atom stereocenters. The molecule has 1 aliphatic rings. The SMILES string of the molecule is O=C(NCCc1ccccc1)c1nn2c(c1Cl)N[C@H](c1ccc(Cl)cc1)C[C@H]2C(F)(F)F. The third-order valence-electron chi connectivity index (χ3n) is 5.33. The molecule has 1 amide bonds. The second kappa shape index (κ2) is 9.03. The highest BCUT2D eigenvalue weighted by molar-refractivity contribution is 6.36. The number of benzene rings is 2. The predicted octanol–water partition coefficient (Wildman–Crippen LogP) is 5.82. The van der Waals surface area contributed by atoms with Crippen LogP contribution in [0, 0.1) is 0 Å². The van der Waals surface area contributed by atoms with Crippen molar-refractivity contribution >= 4 is 34.9 Å². The van der Waals surface area contributed by atoms with Crippen LogP contribution in [0.5, 0.6) is 0 Å². The highest BCUT2D eigenvalue weighted by atomic mass is 35.5. The van der Waals surface area contributed by atoms with Gasteiger partial charge in [0.2, 0.25) is 0 Å². The van der Waals surface area contributed by atoms with Crippen LogP contribution in [0.2, 0.25) is 10.0 Å². The van der Waals surface area contributed by atoms with E-state index in [1.807, 2.05) is 30.3 Å². The molecule has 2 heterocycles. The lowest BCUT2D eigenvalue weighted by Crippen LogP contribution is -2.36. The molecule has 0 bridgehead atoms.